The molecular formula is C18H25BrN2O4. The molecule has 1 aliphatic heterocycles. The number of carbonyl (C=O) groups excluding carboxylic acids is 2. The van der Waals surface area contributed by atoms with Gasteiger partial charge in [-0.15, -0.1) is 0 Å². The Balaban J connectivity index is 1.96. The maximum absolute atomic E-state index is 11.9. The average molecular weight is 413 g/mol. The van der Waals surface area contributed by atoms with Gasteiger partial charge in [-0.25, -0.2) is 9.59 Å². The number of benzene rings is 1. The SMILES string of the molecule is COC(=O)c1ccc(Br)cc1CN1CCC(NC(=O)OC(C)(C)C)C1. The van der Waals surface area contributed by atoms with Crippen molar-refractivity contribution >= 4 is 28.0 Å². The topological polar surface area (TPSA) is 67.9 Å². The Hall–Kier alpha value is -1.60. The number of nitrogens with one attached hydrogen (secondary N) is 1. The van der Waals surface area contributed by atoms with E-state index in [0.29, 0.717) is 18.7 Å². The number of likely N-dealkylation sites (tertiary alicyclic amines) is 1. The van der Waals surface area contributed by atoms with Gasteiger partial charge in [0.05, 0.1) is 12.7 Å². The number of ether oxygens (including phenoxy) is 2. The van der Waals surface area contributed by atoms with Crippen LogP contribution in [-0.4, -0.2) is 48.8 Å². The minimum absolute atomic E-state index is 0.0450. The molecule has 0 aromatic heterocycles. The molecule has 1 aliphatic rings. The lowest BCUT2D eigenvalue weighted by atomic mass is 10.1. The second-order valence-electron chi connectivity index (χ2n) is 7.16. The summed E-state index contributed by atoms with van der Waals surface area (Å²) in [6.07, 6.45) is 0.456. The van der Waals surface area contributed by atoms with Gasteiger partial charge in [0, 0.05) is 30.1 Å². The third kappa shape index (κ3) is 6.01. The van der Waals surface area contributed by atoms with Crippen molar-refractivity contribution < 1.29 is 19.1 Å². The zero-order valence-corrected chi connectivity index (χ0v) is 16.7. The lowest BCUT2D eigenvalue weighted by molar-refractivity contribution is 0.0505. The van der Waals surface area contributed by atoms with E-state index in [1.807, 2.05) is 32.9 Å². The molecule has 2 rings (SSSR count). The van der Waals surface area contributed by atoms with Crippen LogP contribution in [0.25, 0.3) is 0 Å². The quantitative estimate of drug-likeness (QED) is 0.767. The van der Waals surface area contributed by atoms with E-state index in [0.717, 1.165) is 23.0 Å². The normalized spacial score (nSPS) is 18.0. The zero-order valence-electron chi connectivity index (χ0n) is 15.1. The first-order chi connectivity index (χ1) is 11.7. The number of rotatable bonds is 4. The molecule has 1 heterocycles. The van der Waals surface area contributed by atoms with Crippen molar-refractivity contribution in [3.8, 4) is 0 Å². The standard InChI is InChI=1S/C18H25BrN2O4/c1-18(2,3)25-17(23)20-14-7-8-21(11-14)10-12-9-13(19)5-6-15(12)16(22)24-4/h5-6,9,14H,7-8,10-11H2,1-4H3,(H,20,23). The molecule has 1 atom stereocenters. The minimum Gasteiger partial charge on any atom is -0.465 e. The maximum atomic E-state index is 11.9. The van der Waals surface area contributed by atoms with E-state index >= 15 is 0 Å². The fraction of sp³-hybridized carbons (Fsp3) is 0.556. The fourth-order valence-electron chi connectivity index (χ4n) is 2.81. The molecule has 1 fully saturated rings. The van der Waals surface area contributed by atoms with Crippen molar-refractivity contribution in [2.45, 2.75) is 45.4 Å². The summed E-state index contributed by atoms with van der Waals surface area (Å²) in [6, 6.07) is 5.56. The van der Waals surface area contributed by atoms with Gasteiger partial charge in [0.15, 0.2) is 0 Å². The van der Waals surface area contributed by atoms with Crippen molar-refractivity contribution in [1.29, 1.82) is 0 Å². The number of nitrogens with zero attached hydrogens (tertiary/aromatic N) is 1. The number of hydrogen-bond acceptors (Lipinski definition) is 5. The molecule has 1 saturated heterocycles. The van der Waals surface area contributed by atoms with Gasteiger partial charge in [-0.1, -0.05) is 15.9 Å². The van der Waals surface area contributed by atoms with Gasteiger partial charge in [0.25, 0.3) is 0 Å². The van der Waals surface area contributed by atoms with Crippen LogP contribution in [-0.2, 0) is 16.0 Å². The van der Waals surface area contributed by atoms with Gasteiger partial charge < -0.3 is 14.8 Å². The second-order valence-corrected chi connectivity index (χ2v) is 8.08. The first-order valence-electron chi connectivity index (χ1n) is 8.26. The molecule has 1 unspecified atom stereocenters. The van der Waals surface area contributed by atoms with E-state index in [1.54, 1.807) is 6.07 Å². The molecule has 0 saturated carbocycles. The Kier molecular flexibility index (Phi) is 6.46. The summed E-state index contributed by atoms with van der Waals surface area (Å²) in [5, 5.41) is 2.91. The van der Waals surface area contributed by atoms with Crippen LogP contribution in [0.2, 0.25) is 0 Å². The third-order valence-electron chi connectivity index (χ3n) is 3.86. The largest absolute Gasteiger partial charge is 0.465 e. The lowest BCUT2D eigenvalue weighted by Crippen LogP contribution is -2.40. The van der Waals surface area contributed by atoms with Crippen molar-refractivity contribution in [3.05, 3.63) is 33.8 Å². The smallest absolute Gasteiger partial charge is 0.407 e. The van der Waals surface area contributed by atoms with Crippen molar-refractivity contribution in [2.24, 2.45) is 0 Å². The summed E-state index contributed by atoms with van der Waals surface area (Å²) < 4.78 is 11.1. The highest BCUT2D eigenvalue weighted by Crippen LogP contribution is 2.21. The maximum Gasteiger partial charge on any atom is 0.407 e. The van der Waals surface area contributed by atoms with Crippen LogP contribution in [0.4, 0.5) is 4.79 Å². The third-order valence-corrected chi connectivity index (χ3v) is 4.35. The number of hydrogen-bond donors (Lipinski definition) is 1. The van der Waals surface area contributed by atoms with Crippen LogP contribution >= 0.6 is 15.9 Å². The highest BCUT2D eigenvalue weighted by molar-refractivity contribution is 9.10. The van der Waals surface area contributed by atoms with E-state index in [1.165, 1.54) is 7.11 Å². The summed E-state index contributed by atoms with van der Waals surface area (Å²) in [4.78, 5) is 26.0. The first kappa shape index (κ1) is 19.7. The second kappa shape index (κ2) is 8.19. The number of carbonyl (C=O) groups is 2. The Morgan fingerprint density at radius 1 is 1.36 bits per heavy atom. The summed E-state index contributed by atoms with van der Waals surface area (Å²) in [7, 11) is 1.38. The van der Waals surface area contributed by atoms with Gasteiger partial charge in [-0.05, 0) is 51.0 Å². The van der Waals surface area contributed by atoms with E-state index in [9.17, 15) is 9.59 Å². The Morgan fingerprint density at radius 3 is 2.72 bits per heavy atom. The van der Waals surface area contributed by atoms with E-state index < -0.39 is 11.7 Å². The molecule has 1 N–H and O–H groups in total. The molecule has 0 spiro atoms. The minimum atomic E-state index is -0.506. The summed E-state index contributed by atoms with van der Waals surface area (Å²) in [6.45, 7) is 7.70. The molecule has 0 aliphatic carbocycles. The van der Waals surface area contributed by atoms with E-state index in [2.05, 4.69) is 26.1 Å². The summed E-state index contributed by atoms with van der Waals surface area (Å²) in [5.41, 5.74) is 0.960. The van der Waals surface area contributed by atoms with Crippen molar-refractivity contribution in [2.75, 3.05) is 20.2 Å². The van der Waals surface area contributed by atoms with Gasteiger partial charge in [0.2, 0.25) is 0 Å². The number of esters is 1. The number of alkyl carbamates (subject to hydrolysis) is 1. The lowest BCUT2D eigenvalue weighted by Gasteiger charge is -2.22. The predicted molar refractivity (Wildman–Crippen MR) is 98.5 cm³/mol. The number of amides is 1. The molecule has 0 bridgehead atoms. The van der Waals surface area contributed by atoms with Gasteiger partial charge in [-0.3, -0.25) is 4.90 Å². The van der Waals surface area contributed by atoms with Gasteiger partial charge >= 0.3 is 12.1 Å². The van der Waals surface area contributed by atoms with Gasteiger partial charge in [-0.2, -0.15) is 0 Å². The zero-order chi connectivity index (χ0) is 18.6. The molecule has 25 heavy (non-hydrogen) atoms. The molecule has 1 aromatic carbocycles. The Labute approximate surface area is 157 Å². The molecule has 138 valence electrons. The highest BCUT2D eigenvalue weighted by Gasteiger charge is 2.27. The van der Waals surface area contributed by atoms with Crippen LogP contribution in [0, 0.1) is 0 Å². The number of halogens is 1. The van der Waals surface area contributed by atoms with Crippen LogP contribution in [0.5, 0.6) is 0 Å². The van der Waals surface area contributed by atoms with Crippen molar-refractivity contribution in [3.63, 3.8) is 0 Å². The molecule has 1 aromatic rings. The Morgan fingerprint density at radius 2 is 2.08 bits per heavy atom. The van der Waals surface area contributed by atoms with Crippen molar-refractivity contribution in [1.82, 2.24) is 10.2 Å². The molecule has 0 radical (unpaired) electrons. The highest BCUT2D eigenvalue weighted by atomic mass is 79.9. The fourth-order valence-corrected chi connectivity index (χ4v) is 3.22. The van der Waals surface area contributed by atoms with Gasteiger partial charge in [0.1, 0.15) is 5.60 Å². The summed E-state index contributed by atoms with van der Waals surface area (Å²) >= 11 is 3.45. The van der Waals surface area contributed by atoms with Crippen LogP contribution < -0.4 is 5.32 Å². The van der Waals surface area contributed by atoms with Crippen LogP contribution in [0.3, 0.4) is 0 Å². The molecule has 7 heteroatoms. The number of methoxy groups -OCH3 is 1. The van der Waals surface area contributed by atoms with E-state index in [-0.39, 0.29) is 12.0 Å². The predicted octanol–water partition coefficient (Wildman–Crippen LogP) is 3.33. The monoisotopic (exact) mass is 412 g/mol. The molecule has 1 amide bonds. The first-order valence-corrected chi connectivity index (χ1v) is 9.06. The van der Waals surface area contributed by atoms with Crippen LogP contribution in [0.1, 0.15) is 43.1 Å². The molecule has 6 nitrogen and oxygen atoms in total. The molecular weight excluding hydrogens is 388 g/mol. The average Bonchev–Trinajstić information content (AvgIpc) is 2.91. The van der Waals surface area contributed by atoms with Crippen LogP contribution in [0.15, 0.2) is 22.7 Å². The van der Waals surface area contributed by atoms with E-state index in [4.69, 9.17) is 9.47 Å². The summed E-state index contributed by atoms with van der Waals surface area (Å²) in [5.74, 6) is -0.342. The Bertz CT molecular complexity index is 642.